The third kappa shape index (κ3) is 5.86. The van der Waals surface area contributed by atoms with Crippen molar-refractivity contribution in [2.24, 2.45) is 0 Å². The predicted molar refractivity (Wildman–Crippen MR) is 137 cm³/mol. The van der Waals surface area contributed by atoms with Crippen LogP contribution in [0.3, 0.4) is 0 Å². The summed E-state index contributed by atoms with van der Waals surface area (Å²) < 4.78 is 24.5. The van der Waals surface area contributed by atoms with E-state index in [0.717, 1.165) is 41.5 Å². The minimum atomic E-state index is -3.30. The molecule has 3 aromatic rings. The second-order valence-corrected chi connectivity index (χ2v) is 12.5. The van der Waals surface area contributed by atoms with Gasteiger partial charge in [-0.25, -0.2) is 13.4 Å². The Bertz CT molecular complexity index is 1230. The summed E-state index contributed by atoms with van der Waals surface area (Å²) in [5.41, 5.74) is 2.92. The second-order valence-electron chi connectivity index (χ2n) is 8.72. The fraction of sp³-hybridized carbons (Fsp3) is 0.360. The van der Waals surface area contributed by atoms with E-state index in [4.69, 9.17) is 16.6 Å². The van der Waals surface area contributed by atoms with Crippen molar-refractivity contribution in [2.45, 2.75) is 37.0 Å². The maximum Gasteiger partial charge on any atom is 0.227 e. The van der Waals surface area contributed by atoms with Crippen LogP contribution in [0.4, 0.5) is 0 Å². The average Bonchev–Trinajstić information content (AvgIpc) is 3.28. The van der Waals surface area contributed by atoms with Crippen molar-refractivity contribution < 1.29 is 13.2 Å². The average molecular weight is 518 g/mol. The largest absolute Gasteiger partial charge is 0.340 e. The van der Waals surface area contributed by atoms with Crippen LogP contribution in [0, 0.1) is 0 Å². The number of amides is 1. The number of carbonyl (C=O) groups excluding carboxylic acids is 1. The Balaban J connectivity index is 1.27. The Hall–Kier alpha value is -2.26. The number of hydrogen-bond donors (Lipinski definition) is 0. The molecule has 0 spiro atoms. The van der Waals surface area contributed by atoms with Gasteiger partial charge in [-0.1, -0.05) is 35.9 Å². The van der Waals surface area contributed by atoms with Gasteiger partial charge in [-0.15, -0.1) is 11.3 Å². The van der Waals surface area contributed by atoms with Crippen LogP contribution >= 0.6 is 22.9 Å². The number of sulfone groups is 1. The first-order valence-corrected chi connectivity index (χ1v) is 14.1. The molecule has 2 heterocycles. The second kappa shape index (κ2) is 10.6. The van der Waals surface area contributed by atoms with Gasteiger partial charge < -0.3 is 4.90 Å². The van der Waals surface area contributed by atoms with Crippen molar-refractivity contribution in [2.75, 3.05) is 26.2 Å². The van der Waals surface area contributed by atoms with Crippen LogP contribution in [-0.4, -0.2) is 60.5 Å². The highest BCUT2D eigenvalue weighted by Crippen LogP contribution is 2.26. The Labute approximate surface area is 210 Å². The van der Waals surface area contributed by atoms with Gasteiger partial charge in [0.1, 0.15) is 5.01 Å². The normalized spacial score (nSPS) is 15.1. The van der Waals surface area contributed by atoms with Crippen LogP contribution in [0.15, 0.2) is 58.8 Å². The van der Waals surface area contributed by atoms with E-state index in [1.54, 1.807) is 49.4 Å². The van der Waals surface area contributed by atoms with Gasteiger partial charge in [-0.2, -0.15) is 0 Å². The molecule has 9 heteroatoms. The molecule has 4 rings (SSSR count). The van der Waals surface area contributed by atoms with Gasteiger partial charge in [0, 0.05) is 48.7 Å². The van der Waals surface area contributed by atoms with Crippen molar-refractivity contribution in [3.8, 4) is 10.6 Å². The molecule has 1 saturated heterocycles. The molecule has 0 atom stereocenters. The molecule has 0 radical (unpaired) electrons. The van der Waals surface area contributed by atoms with E-state index in [9.17, 15) is 13.2 Å². The number of aromatic nitrogens is 1. The summed E-state index contributed by atoms with van der Waals surface area (Å²) in [4.78, 5) is 22.0. The van der Waals surface area contributed by atoms with Crippen LogP contribution in [0.1, 0.15) is 25.1 Å². The lowest BCUT2D eigenvalue weighted by atomic mass is 10.1. The number of thiazole rings is 1. The molecule has 1 aromatic heterocycles. The third-order valence-electron chi connectivity index (χ3n) is 5.98. The molecule has 1 aliphatic heterocycles. The molecule has 6 nitrogen and oxygen atoms in total. The van der Waals surface area contributed by atoms with E-state index in [2.05, 4.69) is 10.3 Å². The number of halogens is 1. The molecule has 0 saturated carbocycles. The van der Waals surface area contributed by atoms with E-state index in [1.807, 2.05) is 29.2 Å². The Morgan fingerprint density at radius 1 is 1.03 bits per heavy atom. The summed E-state index contributed by atoms with van der Waals surface area (Å²) in [6, 6.07) is 14.4. The molecule has 2 aromatic carbocycles. The maximum atomic E-state index is 12.8. The van der Waals surface area contributed by atoms with Gasteiger partial charge in [0.15, 0.2) is 9.84 Å². The summed E-state index contributed by atoms with van der Waals surface area (Å²) in [6.07, 6.45) is 0.276. The van der Waals surface area contributed by atoms with Gasteiger partial charge in [0.05, 0.1) is 22.3 Å². The molecule has 0 bridgehead atoms. The SMILES string of the molecule is CC(C)S(=O)(=O)c1ccc(CC(=O)N2CCN(Cc3csc(-c4ccc(Cl)cc4)n3)CC2)cc1. The highest BCUT2D eigenvalue weighted by atomic mass is 35.5. The van der Waals surface area contributed by atoms with Gasteiger partial charge in [0.25, 0.3) is 0 Å². The van der Waals surface area contributed by atoms with E-state index in [-0.39, 0.29) is 12.3 Å². The maximum absolute atomic E-state index is 12.8. The Morgan fingerprint density at radius 2 is 1.68 bits per heavy atom. The van der Waals surface area contributed by atoms with E-state index in [0.29, 0.717) is 23.0 Å². The lowest BCUT2D eigenvalue weighted by molar-refractivity contribution is -0.132. The van der Waals surface area contributed by atoms with Crippen molar-refractivity contribution in [3.63, 3.8) is 0 Å². The standard InChI is InChI=1S/C25H28ClN3O3S2/c1-18(2)34(31,32)23-9-3-19(4-10-23)15-24(30)29-13-11-28(12-14-29)16-22-17-33-25(27-22)20-5-7-21(26)8-6-20/h3-10,17-18H,11-16H2,1-2H3. The Kier molecular flexibility index (Phi) is 7.72. The number of carbonyl (C=O) groups is 1. The van der Waals surface area contributed by atoms with Crippen LogP contribution in [0.2, 0.25) is 5.02 Å². The number of rotatable bonds is 7. The van der Waals surface area contributed by atoms with Gasteiger partial charge in [-0.3, -0.25) is 9.69 Å². The summed E-state index contributed by atoms with van der Waals surface area (Å²) in [5, 5.41) is 3.31. The zero-order valence-corrected chi connectivity index (χ0v) is 21.7. The lowest BCUT2D eigenvalue weighted by Crippen LogP contribution is -2.48. The summed E-state index contributed by atoms with van der Waals surface area (Å²) >= 11 is 7.60. The first kappa shape index (κ1) is 24.9. The summed E-state index contributed by atoms with van der Waals surface area (Å²) in [5.74, 6) is 0.0674. The van der Waals surface area contributed by atoms with Crippen LogP contribution in [0.25, 0.3) is 10.6 Å². The number of benzene rings is 2. The molecular weight excluding hydrogens is 490 g/mol. The molecule has 0 unspecified atom stereocenters. The van der Waals surface area contributed by atoms with Crippen LogP contribution in [0.5, 0.6) is 0 Å². The highest BCUT2D eigenvalue weighted by molar-refractivity contribution is 7.92. The van der Waals surface area contributed by atoms with Crippen LogP contribution < -0.4 is 0 Å². The topological polar surface area (TPSA) is 70.6 Å². The molecule has 1 amide bonds. The molecule has 0 aliphatic carbocycles. The predicted octanol–water partition coefficient (Wildman–Crippen LogP) is 4.53. The number of nitrogens with zero attached hydrogens (tertiary/aromatic N) is 3. The summed E-state index contributed by atoms with van der Waals surface area (Å²) in [7, 11) is -3.30. The van der Waals surface area contributed by atoms with Crippen molar-refractivity contribution in [1.82, 2.24) is 14.8 Å². The fourth-order valence-electron chi connectivity index (χ4n) is 3.84. The number of piperazine rings is 1. The highest BCUT2D eigenvalue weighted by Gasteiger charge is 2.23. The fourth-order valence-corrected chi connectivity index (χ4v) is 5.85. The zero-order valence-electron chi connectivity index (χ0n) is 19.3. The van der Waals surface area contributed by atoms with E-state index >= 15 is 0 Å². The first-order valence-electron chi connectivity index (χ1n) is 11.3. The molecule has 0 N–H and O–H groups in total. The molecular formula is C25H28ClN3O3S2. The van der Waals surface area contributed by atoms with Crippen LogP contribution in [-0.2, 0) is 27.6 Å². The molecule has 1 aliphatic rings. The minimum absolute atomic E-state index is 0.0674. The Morgan fingerprint density at radius 3 is 2.29 bits per heavy atom. The molecule has 180 valence electrons. The van der Waals surface area contributed by atoms with Gasteiger partial charge in [-0.05, 0) is 43.7 Å². The third-order valence-corrected chi connectivity index (χ3v) is 9.34. The van der Waals surface area contributed by atoms with E-state index in [1.165, 1.54) is 0 Å². The zero-order chi connectivity index (χ0) is 24.3. The smallest absolute Gasteiger partial charge is 0.227 e. The van der Waals surface area contributed by atoms with Crippen molar-refractivity contribution in [3.05, 3.63) is 70.2 Å². The quantitative estimate of drug-likeness (QED) is 0.460. The van der Waals surface area contributed by atoms with Gasteiger partial charge in [0.2, 0.25) is 5.91 Å². The van der Waals surface area contributed by atoms with Crippen molar-refractivity contribution in [1.29, 1.82) is 0 Å². The molecule has 1 fully saturated rings. The van der Waals surface area contributed by atoms with Crippen molar-refractivity contribution >= 4 is 38.7 Å². The van der Waals surface area contributed by atoms with E-state index < -0.39 is 15.1 Å². The van der Waals surface area contributed by atoms with Gasteiger partial charge >= 0.3 is 0 Å². The monoisotopic (exact) mass is 517 g/mol. The first-order chi connectivity index (χ1) is 16.2. The summed E-state index contributed by atoms with van der Waals surface area (Å²) in [6.45, 7) is 7.03. The molecule has 34 heavy (non-hydrogen) atoms. The minimum Gasteiger partial charge on any atom is -0.340 e. The number of hydrogen-bond acceptors (Lipinski definition) is 6. The lowest BCUT2D eigenvalue weighted by Gasteiger charge is -2.34.